The van der Waals surface area contributed by atoms with E-state index in [1.165, 1.54) is 40.6 Å². The molecule has 1 heterocycles. The van der Waals surface area contributed by atoms with E-state index in [-0.39, 0.29) is 42.7 Å². The number of benzene rings is 2. The number of amides is 1. The first-order chi connectivity index (χ1) is 15.1. The average molecular weight is 471 g/mol. The van der Waals surface area contributed by atoms with Crippen LogP contribution in [0.4, 0.5) is 13.2 Å². The molecule has 0 radical (unpaired) electrons. The first kappa shape index (κ1) is 24.2. The topological polar surface area (TPSA) is 66.9 Å². The maximum absolute atomic E-state index is 13.2. The SMILES string of the molecule is COCCN(C1CCN(C(=O)c2cccc(C(F)(F)F)c2)CC1)S(=O)(=O)c1ccccc1. The zero-order chi connectivity index (χ0) is 23.4. The highest BCUT2D eigenvalue weighted by molar-refractivity contribution is 7.89. The molecule has 0 aromatic heterocycles. The fourth-order valence-corrected chi connectivity index (χ4v) is 5.47. The van der Waals surface area contributed by atoms with Crippen LogP contribution >= 0.6 is 0 Å². The van der Waals surface area contributed by atoms with E-state index in [1.807, 2.05) is 0 Å². The predicted molar refractivity (Wildman–Crippen MR) is 113 cm³/mol. The molecule has 0 unspecified atom stereocenters. The molecule has 10 heteroatoms. The summed E-state index contributed by atoms with van der Waals surface area (Å²) in [6, 6.07) is 12.1. The molecule has 2 aromatic rings. The van der Waals surface area contributed by atoms with Crippen molar-refractivity contribution in [1.29, 1.82) is 0 Å². The number of methoxy groups -OCH3 is 1. The number of sulfonamides is 1. The van der Waals surface area contributed by atoms with E-state index in [0.717, 1.165) is 12.1 Å². The Morgan fingerprint density at radius 2 is 1.75 bits per heavy atom. The lowest BCUT2D eigenvalue weighted by molar-refractivity contribution is -0.137. The maximum atomic E-state index is 13.2. The molecule has 0 spiro atoms. The Hall–Kier alpha value is -2.43. The molecule has 1 fully saturated rings. The van der Waals surface area contributed by atoms with E-state index in [0.29, 0.717) is 12.8 Å². The van der Waals surface area contributed by atoms with Crippen molar-refractivity contribution in [3.05, 3.63) is 65.7 Å². The summed E-state index contributed by atoms with van der Waals surface area (Å²) in [5, 5.41) is 0. The number of likely N-dealkylation sites (tertiary alicyclic amines) is 1. The largest absolute Gasteiger partial charge is 0.416 e. The minimum atomic E-state index is -4.53. The molecule has 1 aliphatic rings. The predicted octanol–water partition coefficient (Wildman–Crippen LogP) is 3.65. The molecule has 0 atom stereocenters. The number of carbonyl (C=O) groups excluding carboxylic acids is 1. The molecule has 174 valence electrons. The maximum Gasteiger partial charge on any atom is 0.416 e. The molecule has 3 rings (SSSR count). The minimum Gasteiger partial charge on any atom is -0.383 e. The van der Waals surface area contributed by atoms with E-state index in [1.54, 1.807) is 18.2 Å². The Balaban J connectivity index is 1.73. The van der Waals surface area contributed by atoms with Crippen LogP contribution in [0.2, 0.25) is 0 Å². The Kier molecular flexibility index (Phi) is 7.58. The van der Waals surface area contributed by atoms with Gasteiger partial charge in [-0.15, -0.1) is 0 Å². The monoisotopic (exact) mass is 470 g/mol. The molecule has 0 saturated carbocycles. The second-order valence-corrected chi connectivity index (χ2v) is 9.41. The molecule has 0 aliphatic carbocycles. The first-order valence-electron chi connectivity index (χ1n) is 10.2. The van der Waals surface area contributed by atoms with Crippen LogP contribution in [0.1, 0.15) is 28.8 Å². The fraction of sp³-hybridized carbons (Fsp3) is 0.409. The molecule has 0 N–H and O–H groups in total. The number of nitrogens with zero attached hydrogens (tertiary/aromatic N) is 2. The van der Waals surface area contributed by atoms with Crippen molar-refractivity contribution in [3.63, 3.8) is 0 Å². The Morgan fingerprint density at radius 3 is 2.34 bits per heavy atom. The van der Waals surface area contributed by atoms with Crippen molar-refractivity contribution in [2.24, 2.45) is 0 Å². The van der Waals surface area contributed by atoms with Gasteiger partial charge in [-0.1, -0.05) is 24.3 Å². The van der Waals surface area contributed by atoms with Gasteiger partial charge in [-0.25, -0.2) is 8.42 Å². The van der Waals surface area contributed by atoms with Crippen LogP contribution < -0.4 is 0 Å². The smallest absolute Gasteiger partial charge is 0.383 e. The summed E-state index contributed by atoms with van der Waals surface area (Å²) in [7, 11) is -2.27. The van der Waals surface area contributed by atoms with E-state index >= 15 is 0 Å². The number of hydrogen-bond acceptors (Lipinski definition) is 4. The van der Waals surface area contributed by atoms with Gasteiger partial charge in [0.05, 0.1) is 17.1 Å². The molecule has 1 aliphatic heterocycles. The van der Waals surface area contributed by atoms with Gasteiger partial charge in [0.25, 0.3) is 5.91 Å². The summed E-state index contributed by atoms with van der Waals surface area (Å²) in [6.45, 7) is 0.872. The standard InChI is InChI=1S/C22H25F3N2O4S/c1-31-15-14-27(32(29,30)20-8-3-2-4-9-20)19-10-12-26(13-11-19)21(28)17-6-5-7-18(16-17)22(23,24)25/h2-9,16,19H,10-15H2,1H3. The second-order valence-electron chi connectivity index (χ2n) is 7.52. The van der Waals surface area contributed by atoms with E-state index in [9.17, 15) is 26.4 Å². The van der Waals surface area contributed by atoms with Crippen LogP contribution in [0.25, 0.3) is 0 Å². The van der Waals surface area contributed by atoms with E-state index in [2.05, 4.69) is 0 Å². The lowest BCUT2D eigenvalue weighted by Gasteiger charge is -2.37. The zero-order valence-corrected chi connectivity index (χ0v) is 18.4. The highest BCUT2D eigenvalue weighted by Gasteiger charge is 2.35. The second kappa shape index (κ2) is 10.0. The number of halogens is 3. The van der Waals surface area contributed by atoms with Crippen molar-refractivity contribution in [2.75, 3.05) is 33.4 Å². The lowest BCUT2D eigenvalue weighted by atomic mass is 10.0. The molecule has 0 bridgehead atoms. The summed E-state index contributed by atoms with van der Waals surface area (Å²) < 4.78 is 71.8. The van der Waals surface area contributed by atoms with Gasteiger partial charge in [0, 0.05) is 38.3 Å². The third kappa shape index (κ3) is 5.48. The molecule has 32 heavy (non-hydrogen) atoms. The normalized spacial score (nSPS) is 15.8. The van der Waals surface area contributed by atoms with Gasteiger partial charge in [-0.2, -0.15) is 17.5 Å². The molecule has 6 nitrogen and oxygen atoms in total. The molecule has 1 amide bonds. The summed E-state index contributed by atoms with van der Waals surface area (Å²) >= 11 is 0. The number of piperidine rings is 1. The van der Waals surface area contributed by atoms with Gasteiger partial charge in [0.1, 0.15) is 0 Å². The quantitative estimate of drug-likeness (QED) is 0.620. The van der Waals surface area contributed by atoms with Crippen molar-refractivity contribution >= 4 is 15.9 Å². The van der Waals surface area contributed by atoms with Crippen LogP contribution in [0.5, 0.6) is 0 Å². The first-order valence-corrected chi connectivity index (χ1v) is 11.6. The van der Waals surface area contributed by atoms with Crippen LogP contribution in [-0.4, -0.2) is 62.9 Å². The number of rotatable bonds is 7. The Bertz CT molecular complexity index is 1020. The van der Waals surface area contributed by atoms with Crippen LogP contribution in [-0.2, 0) is 20.9 Å². The van der Waals surface area contributed by atoms with Crippen LogP contribution in [0.3, 0.4) is 0 Å². The van der Waals surface area contributed by atoms with Crippen molar-refractivity contribution in [3.8, 4) is 0 Å². The number of hydrogen-bond donors (Lipinski definition) is 0. The molecule has 2 aromatic carbocycles. The Morgan fingerprint density at radius 1 is 1.09 bits per heavy atom. The van der Waals surface area contributed by atoms with E-state index < -0.39 is 27.7 Å². The number of ether oxygens (including phenoxy) is 1. The summed E-state index contributed by atoms with van der Waals surface area (Å²) in [4.78, 5) is 14.4. The average Bonchev–Trinajstić information content (AvgIpc) is 2.79. The molecular formula is C22H25F3N2O4S. The van der Waals surface area contributed by atoms with Gasteiger partial charge in [0.2, 0.25) is 10.0 Å². The van der Waals surface area contributed by atoms with Gasteiger partial charge < -0.3 is 9.64 Å². The summed E-state index contributed by atoms with van der Waals surface area (Å²) in [6.07, 6.45) is -3.78. The van der Waals surface area contributed by atoms with Crippen molar-refractivity contribution in [1.82, 2.24) is 9.21 Å². The summed E-state index contributed by atoms with van der Waals surface area (Å²) in [5.41, 5.74) is -0.913. The van der Waals surface area contributed by atoms with Gasteiger partial charge >= 0.3 is 6.18 Å². The zero-order valence-electron chi connectivity index (χ0n) is 17.6. The Labute approximate surface area is 185 Å². The van der Waals surface area contributed by atoms with Gasteiger partial charge in [-0.3, -0.25) is 4.79 Å². The lowest BCUT2D eigenvalue weighted by Crippen LogP contribution is -2.49. The van der Waals surface area contributed by atoms with Crippen molar-refractivity contribution < 1.29 is 31.1 Å². The third-order valence-electron chi connectivity index (χ3n) is 5.46. The van der Waals surface area contributed by atoms with Gasteiger partial charge in [-0.05, 0) is 43.2 Å². The third-order valence-corrected chi connectivity index (χ3v) is 7.43. The van der Waals surface area contributed by atoms with E-state index in [4.69, 9.17) is 4.74 Å². The van der Waals surface area contributed by atoms with Crippen molar-refractivity contribution in [2.45, 2.75) is 30.0 Å². The van der Waals surface area contributed by atoms with Crippen LogP contribution in [0.15, 0.2) is 59.5 Å². The highest BCUT2D eigenvalue weighted by atomic mass is 32.2. The van der Waals surface area contributed by atoms with Gasteiger partial charge in [0.15, 0.2) is 0 Å². The molecule has 1 saturated heterocycles. The highest BCUT2D eigenvalue weighted by Crippen LogP contribution is 2.30. The number of carbonyl (C=O) groups is 1. The minimum absolute atomic E-state index is 0.0357. The number of alkyl halides is 3. The summed E-state index contributed by atoms with van der Waals surface area (Å²) in [5.74, 6) is -0.496. The fourth-order valence-electron chi connectivity index (χ4n) is 3.78. The molecular weight excluding hydrogens is 445 g/mol. The van der Waals surface area contributed by atoms with Crippen LogP contribution in [0, 0.1) is 0 Å².